The number of amides is 1. The summed E-state index contributed by atoms with van der Waals surface area (Å²) in [6, 6.07) is 13.4. The smallest absolute Gasteiger partial charge is 0.228 e. The SMILES string of the molecule is Cc1noc(C)c1CC(=O)Nc1cccc(C=Cc2ccccn2)c1. The topological polar surface area (TPSA) is 68.0 Å². The normalized spacial score (nSPS) is 11.0. The van der Waals surface area contributed by atoms with Crippen LogP contribution in [0.5, 0.6) is 0 Å². The molecule has 0 bridgehead atoms. The van der Waals surface area contributed by atoms with Crippen molar-refractivity contribution in [2.75, 3.05) is 5.32 Å². The van der Waals surface area contributed by atoms with Crippen LogP contribution in [0, 0.1) is 13.8 Å². The van der Waals surface area contributed by atoms with E-state index in [0.29, 0.717) is 5.76 Å². The van der Waals surface area contributed by atoms with E-state index < -0.39 is 0 Å². The molecule has 2 heterocycles. The molecule has 0 spiro atoms. The van der Waals surface area contributed by atoms with Crippen molar-refractivity contribution in [1.82, 2.24) is 10.1 Å². The molecular formula is C20H19N3O2. The third kappa shape index (κ3) is 4.41. The van der Waals surface area contributed by atoms with Crippen molar-refractivity contribution in [1.29, 1.82) is 0 Å². The molecule has 1 aromatic carbocycles. The summed E-state index contributed by atoms with van der Waals surface area (Å²) in [5.74, 6) is 0.583. The number of aromatic nitrogens is 2. The van der Waals surface area contributed by atoms with Crippen LogP contribution in [0.15, 0.2) is 53.2 Å². The second kappa shape index (κ2) is 7.57. The molecule has 3 rings (SSSR count). The van der Waals surface area contributed by atoms with E-state index in [-0.39, 0.29) is 12.3 Å². The quantitative estimate of drug-likeness (QED) is 0.765. The zero-order valence-corrected chi connectivity index (χ0v) is 14.2. The maximum Gasteiger partial charge on any atom is 0.228 e. The first-order chi connectivity index (χ1) is 12.1. The van der Waals surface area contributed by atoms with Gasteiger partial charge in [-0.1, -0.05) is 29.4 Å². The first-order valence-corrected chi connectivity index (χ1v) is 8.02. The van der Waals surface area contributed by atoms with Crippen LogP contribution in [-0.4, -0.2) is 16.0 Å². The number of hydrogen-bond acceptors (Lipinski definition) is 4. The summed E-state index contributed by atoms with van der Waals surface area (Å²) in [7, 11) is 0. The van der Waals surface area contributed by atoms with E-state index in [4.69, 9.17) is 4.52 Å². The molecule has 5 heteroatoms. The molecule has 0 radical (unpaired) electrons. The van der Waals surface area contributed by atoms with Gasteiger partial charge in [0.15, 0.2) is 0 Å². The average Bonchev–Trinajstić information content (AvgIpc) is 2.93. The summed E-state index contributed by atoms with van der Waals surface area (Å²) < 4.78 is 5.09. The number of anilines is 1. The van der Waals surface area contributed by atoms with Crippen molar-refractivity contribution in [2.45, 2.75) is 20.3 Å². The Morgan fingerprint density at radius 3 is 2.76 bits per heavy atom. The number of pyridine rings is 1. The van der Waals surface area contributed by atoms with Crippen LogP contribution >= 0.6 is 0 Å². The molecule has 3 aromatic rings. The highest BCUT2D eigenvalue weighted by Gasteiger charge is 2.13. The molecule has 0 aliphatic heterocycles. The van der Waals surface area contributed by atoms with Gasteiger partial charge in [0.25, 0.3) is 0 Å². The molecule has 0 saturated heterocycles. The number of benzene rings is 1. The van der Waals surface area contributed by atoms with Gasteiger partial charge in [-0.25, -0.2) is 0 Å². The Morgan fingerprint density at radius 2 is 2.04 bits per heavy atom. The van der Waals surface area contributed by atoms with Gasteiger partial charge in [0.1, 0.15) is 5.76 Å². The van der Waals surface area contributed by atoms with E-state index in [1.165, 1.54) is 0 Å². The number of carbonyl (C=O) groups excluding carboxylic acids is 1. The zero-order chi connectivity index (χ0) is 17.6. The summed E-state index contributed by atoms with van der Waals surface area (Å²) in [5.41, 5.74) is 4.21. The summed E-state index contributed by atoms with van der Waals surface area (Å²) in [4.78, 5) is 16.5. The lowest BCUT2D eigenvalue weighted by Crippen LogP contribution is -2.15. The molecule has 2 aromatic heterocycles. The minimum absolute atomic E-state index is 0.0970. The standard InChI is InChI=1S/C20H19N3O2/c1-14-19(15(2)25-23-14)13-20(24)22-18-8-5-6-16(12-18)9-10-17-7-3-4-11-21-17/h3-12H,13H2,1-2H3,(H,22,24). The van der Waals surface area contributed by atoms with Gasteiger partial charge in [-0.15, -0.1) is 0 Å². The van der Waals surface area contributed by atoms with Crippen LogP contribution in [0.1, 0.15) is 28.3 Å². The summed E-state index contributed by atoms with van der Waals surface area (Å²) in [6.07, 6.45) is 5.90. The van der Waals surface area contributed by atoms with Crippen molar-refractivity contribution in [3.63, 3.8) is 0 Å². The Labute approximate surface area is 146 Å². The largest absolute Gasteiger partial charge is 0.361 e. The Bertz CT molecular complexity index is 879. The lowest BCUT2D eigenvalue weighted by Gasteiger charge is -2.06. The minimum Gasteiger partial charge on any atom is -0.361 e. The van der Waals surface area contributed by atoms with E-state index in [1.54, 1.807) is 6.20 Å². The van der Waals surface area contributed by atoms with Gasteiger partial charge < -0.3 is 9.84 Å². The maximum atomic E-state index is 12.3. The molecule has 1 N–H and O–H groups in total. The minimum atomic E-state index is -0.0970. The van der Waals surface area contributed by atoms with Gasteiger partial charge in [0.05, 0.1) is 17.8 Å². The zero-order valence-electron chi connectivity index (χ0n) is 14.2. The highest BCUT2D eigenvalue weighted by molar-refractivity contribution is 5.92. The van der Waals surface area contributed by atoms with Crippen LogP contribution in [0.3, 0.4) is 0 Å². The molecule has 0 atom stereocenters. The Hall–Kier alpha value is -3.21. The molecule has 0 saturated carbocycles. The second-order valence-corrected chi connectivity index (χ2v) is 5.74. The molecule has 25 heavy (non-hydrogen) atoms. The molecule has 1 amide bonds. The number of nitrogens with one attached hydrogen (secondary N) is 1. The maximum absolute atomic E-state index is 12.3. The van der Waals surface area contributed by atoms with Crippen molar-refractivity contribution in [3.05, 3.63) is 76.9 Å². The van der Waals surface area contributed by atoms with Gasteiger partial charge in [-0.05, 0) is 49.8 Å². The van der Waals surface area contributed by atoms with E-state index in [0.717, 1.165) is 28.2 Å². The summed E-state index contributed by atoms with van der Waals surface area (Å²) in [6.45, 7) is 3.65. The van der Waals surface area contributed by atoms with E-state index in [9.17, 15) is 4.79 Å². The highest BCUT2D eigenvalue weighted by Crippen LogP contribution is 2.16. The average molecular weight is 333 g/mol. The fourth-order valence-electron chi connectivity index (χ4n) is 2.50. The Balaban J connectivity index is 1.67. The van der Waals surface area contributed by atoms with E-state index in [1.807, 2.05) is 68.5 Å². The van der Waals surface area contributed by atoms with E-state index >= 15 is 0 Å². The molecule has 0 unspecified atom stereocenters. The van der Waals surface area contributed by atoms with Crippen LogP contribution < -0.4 is 5.32 Å². The van der Waals surface area contributed by atoms with Crippen molar-refractivity contribution in [3.8, 4) is 0 Å². The molecule has 5 nitrogen and oxygen atoms in total. The fraction of sp³-hybridized carbons (Fsp3) is 0.150. The first-order valence-electron chi connectivity index (χ1n) is 8.02. The number of nitrogens with zero attached hydrogens (tertiary/aromatic N) is 2. The Morgan fingerprint density at radius 1 is 1.16 bits per heavy atom. The van der Waals surface area contributed by atoms with Gasteiger partial charge in [-0.3, -0.25) is 9.78 Å². The number of rotatable bonds is 5. The summed E-state index contributed by atoms with van der Waals surface area (Å²) in [5, 5.41) is 6.79. The number of carbonyl (C=O) groups is 1. The third-order valence-electron chi connectivity index (χ3n) is 3.82. The highest BCUT2D eigenvalue weighted by atomic mass is 16.5. The second-order valence-electron chi connectivity index (χ2n) is 5.74. The predicted octanol–water partition coefficient (Wildman–Crippen LogP) is 4.04. The van der Waals surface area contributed by atoms with Crippen LogP contribution in [0.4, 0.5) is 5.69 Å². The van der Waals surface area contributed by atoms with Gasteiger partial charge >= 0.3 is 0 Å². The summed E-state index contributed by atoms with van der Waals surface area (Å²) >= 11 is 0. The van der Waals surface area contributed by atoms with Crippen LogP contribution in [-0.2, 0) is 11.2 Å². The van der Waals surface area contributed by atoms with Crippen molar-refractivity contribution >= 4 is 23.7 Å². The monoisotopic (exact) mass is 333 g/mol. The van der Waals surface area contributed by atoms with Gasteiger partial charge in [0.2, 0.25) is 5.91 Å². The van der Waals surface area contributed by atoms with Crippen LogP contribution in [0.2, 0.25) is 0 Å². The van der Waals surface area contributed by atoms with Crippen LogP contribution in [0.25, 0.3) is 12.2 Å². The lowest BCUT2D eigenvalue weighted by atomic mass is 10.1. The van der Waals surface area contributed by atoms with Crippen molar-refractivity contribution < 1.29 is 9.32 Å². The predicted molar refractivity (Wildman–Crippen MR) is 97.9 cm³/mol. The van der Waals surface area contributed by atoms with Crippen molar-refractivity contribution in [2.24, 2.45) is 0 Å². The number of hydrogen-bond donors (Lipinski definition) is 1. The lowest BCUT2D eigenvalue weighted by molar-refractivity contribution is -0.115. The molecular weight excluding hydrogens is 314 g/mol. The first kappa shape index (κ1) is 16.6. The molecule has 0 aliphatic carbocycles. The molecule has 0 aliphatic rings. The van der Waals surface area contributed by atoms with Gasteiger partial charge in [0, 0.05) is 17.4 Å². The molecule has 0 fully saturated rings. The fourth-order valence-corrected chi connectivity index (χ4v) is 2.50. The van der Waals surface area contributed by atoms with E-state index in [2.05, 4.69) is 15.5 Å². The van der Waals surface area contributed by atoms with Gasteiger partial charge in [-0.2, -0.15) is 0 Å². The molecule has 126 valence electrons. The third-order valence-corrected chi connectivity index (χ3v) is 3.82. The number of aryl methyl sites for hydroxylation is 2. The Kier molecular flexibility index (Phi) is 5.04.